The molecule has 8 heteroatoms. The summed E-state index contributed by atoms with van der Waals surface area (Å²) in [6, 6.07) is 0. The van der Waals surface area contributed by atoms with Crippen molar-refractivity contribution in [2.45, 2.75) is 32.1 Å². The van der Waals surface area contributed by atoms with E-state index in [0.717, 1.165) is 42.8 Å². The number of aromatic nitrogens is 5. The van der Waals surface area contributed by atoms with Crippen LogP contribution in [0.25, 0.3) is 5.82 Å². The Morgan fingerprint density at radius 1 is 1.20 bits per heavy atom. The molecule has 0 saturated heterocycles. The molecule has 2 heterocycles. The van der Waals surface area contributed by atoms with Gasteiger partial charge in [-0.2, -0.15) is 0 Å². The highest BCUT2D eigenvalue weighted by Gasteiger charge is 2.17. The van der Waals surface area contributed by atoms with Crippen molar-refractivity contribution < 1.29 is 5.21 Å². The zero-order chi connectivity index (χ0) is 13.9. The second kappa shape index (κ2) is 5.24. The van der Waals surface area contributed by atoms with Crippen LogP contribution in [-0.2, 0) is 12.8 Å². The Hall–Kier alpha value is -2.51. The Bertz CT molecular complexity index is 649. The van der Waals surface area contributed by atoms with Crippen molar-refractivity contribution in [1.29, 1.82) is 0 Å². The van der Waals surface area contributed by atoms with Crippen molar-refractivity contribution >= 4 is 5.84 Å². The van der Waals surface area contributed by atoms with Crippen molar-refractivity contribution in [3.05, 3.63) is 29.7 Å². The summed E-state index contributed by atoms with van der Waals surface area (Å²) in [7, 11) is 0. The first-order valence-electron chi connectivity index (χ1n) is 6.52. The standard InChI is InChI=1S/C12H15N7O/c13-10(18-20)11-16-7-19(17-11)12-8-4-2-1-3-5-9(8)14-6-15-12/h6-7,20H,1-5H2,(H2,13,18). The molecule has 2 aromatic rings. The molecule has 0 radical (unpaired) electrons. The summed E-state index contributed by atoms with van der Waals surface area (Å²) in [6.45, 7) is 0. The Morgan fingerprint density at radius 3 is 2.90 bits per heavy atom. The molecule has 8 nitrogen and oxygen atoms in total. The lowest BCUT2D eigenvalue weighted by molar-refractivity contribution is 0.318. The number of nitrogens with two attached hydrogens (primary N) is 1. The molecule has 1 aliphatic rings. The molecule has 0 aromatic carbocycles. The predicted octanol–water partition coefficient (Wildman–Crippen LogP) is 0.421. The minimum absolute atomic E-state index is 0.121. The van der Waals surface area contributed by atoms with E-state index in [1.54, 1.807) is 11.0 Å². The van der Waals surface area contributed by atoms with Crippen molar-refractivity contribution in [3.8, 4) is 5.82 Å². The van der Waals surface area contributed by atoms with E-state index in [9.17, 15) is 0 Å². The van der Waals surface area contributed by atoms with Gasteiger partial charge < -0.3 is 10.9 Å². The number of oxime groups is 1. The molecule has 0 saturated carbocycles. The third-order valence-corrected chi connectivity index (χ3v) is 3.40. The lowest BCUT2D eigenvalue weighted by Crippen LogP contribution is -2.16. The number of fused-ring (bicyclic) bond motifs is 1. The predicted molar refractivity (Wildman–Crippen MR) is 70.7 cm³/mol. The van der Waals surface area contributed by atoms with Crippen LogP contribution in [0.3, 0.4) is 0 Å². The van der Waals surface area contributed by atoms with Crippen LogP contribution in [0.2, 0.25) is 0 Å². The second-order valence-corrected chi connectivity index (χ2v) is 4.68. The molecule has 0 spiro atoms. The number of hydrogen-bond acceptors (Lipinski definition) is 6. The van der Waals surface area contributed by atoms with E-state index < -0.39 is 0 Å². The summed E-state index contributed by atoms with van der Waals surface area (Å²) in [5.41, 5.74) is 7.67. The van der Waals surface area contributed by atoms with Gasteiger partial charge >= 0.3 is 0 Å². The Labute approximate surface area is 115 Å². The fraction of sp³-hybridized carbons (Fsp3) is 0.417. The van der Waals surface area contributed by atoms with E-state index in [-0.39, 0.29) is 11.7 Å². The van der Waals surface area contributed by atoms with E-state index in [2.05, 4.69) is 25.2 Å². The van der Waals surface area contributed by atoms with Gasteiger partial charge in [0.05, 0.1) is 0 Å². The van der Waals surface area contributed by atoms with Crippen LogP contribution < -0.4 is 5.73 Å². The van der Waals surface area contributed by atoms with E-state index in [1.165, 1.54) is 12.7 Å². The van der Waals surface area contributed by atoms with Crippen LogP contribution >= 0.6 is 0 Å². The van der Waals surface area contributed by atoms with Gasteiger partial charge in [0.15, 0.2) is 5.82 Å². The SMILES string of the molecule is NC(=NO)c1ncn(-c2ncnc3c2CCCCC3)n1. The number of nitrogens with zero attached hydrogens (tertiary/aromatic N) is 6. The lowest BCUT2D eigenvalue weighted by Gasteiger charge is -2.09. The Morgan fingerprint density at radius 2 is 2.05 bits per heavy atom. The van der Waals surface area contributed by atoms with Gasteiger partial charge in [0.1, 0.15) is 12.7 Å². The van der Waals surface area contributed by atoms with Crippen LogP contribution in [0, 0.1) is 0 Å². The summed E-state index contributed by atoms with van der Waals surface area (Å²) in [5.74, 6) is 0.777. The maximum Gasteiger partial charge on any atom is 0.220 e. The van der Waals surface area contributed by atoms with Gasteiger partial charge in [0.25, 0.3) is 0 Å². The number of hydrogen-bond donors (Lipinski definition) is 2. The van der Waals surface area contributed by atoms with E-state index in [0.29, 0.717) is 0 Å². The van der Waals surface area contributed by atoms with Crippen LogP contribution in [0.5, 0.6) is 0 Å². The fourth-order valence-corrected chi connectivity index (χ4v) is 2.41. The maximum absolute atomic E-state index is 8.65. The largest absolute Gasteiger partial charge is 0.409 e. The van der Waals surface area contributed by atoms with Crippen molar-refractivity contribution in [3.63, 3.8) is 0 Å². The molecular weight excluding hydrogens is 258 g/mol. The van der Waals surface area contributed by atoms with E-state index >= 15 is 0 Å². The highest BCUT2D eigenvalue weighted by atomic mass is 16.4. The first kappa shape index (κ1) is 12.5. The highest BCUT2D eigenvalue weighted by molar-refractivity contribution is 5.93. The third-order valence-electron chi connectivity index (χ3n) is 3.40. The average Bonchev–Trinajstić information content (AvgIpc) is 2.84. The van der Waals surface area contributed by atoms with Crippen LogP contribution in [0.1, 0.15) is 36.3 Å². The highest BCUT2D eigenvalue weighted by Crippen LogP contribution is 2.22. The summed E-state index contributed by atoms with van der Waals surface area (Å²) in [5, 5.41) is 15.7. The first-order valence-corrected chi connectivity index (χ1v) is 6.52. The Balaban J connectivity index is 2.04. The van der Waals surface area contributed by atoms with E-state index in [1.807, 2.05) is 0 Å². The van der Waals surface area contributed by atoms with Crippen molar-refractivity contribution in [2.24, 2.45) is 10.9 Å². The lowest BCUT2D eigenvalue weighted by atomic mass is 10.1. The van der Waals surface area contributed by atoms with Gasteiger partial charge in [-0.15, -0.1) is 5.10 Å². The zero-order valence-electron chi connectivity index (χ0n) is 10.9. The minimum atomic E-state index is -0.121. The minimum Gasteiger partial charge on any atom is -0.409 e. The van der Waals surface area contributed by atoms with Gasteiger partial charge in [-0.25, -0.2) is 19.6 Å². The molecule has 20 heavy (non-hydrogen) atoms. The molecule has 0 bridgehead atoms. The Kier molecular flexibility index (Phi) is 3.28. The van der Waals surface area contributed by atoms with Crippen LogP contribution in [-0.4, -0.2) is 35.8 Å². The number of rotatable bonds is 2. The number of aryl methyl sites for hydroxylation is 1. The summed E-state index contributed by atoms with van der Waals surface area (Å²) >= 11 is 0. The molecule has 1 aliphatic carbocycles. The fourth-order valence-electron chi connectivity index (χ4n) is 2.41. The maximum atomic E-state index is 8.65. The van der Waals surface area contributed by atoms with Gasteiger partial charge in [-0.1, -0.05) is 11.6 Å². The normalized spacial score (nSPS) is 15.7. The van der Waals surface area contributed by atoms with Crippen molar-refractivity contribution in [2.75, 3.05) is 0 Å². The monoisotopic (exact) mass is 273 g/mol. The van der Waals surface area contributed by atoms with Gasteiger partial charge in [0, 0.05) is 11.3 Å². The van der Waals surface area contributed by atoms with E-state index in [4.69, 9.17) is 10.9 Å². The molecule has 3 rings (SSSR count). The first-order chi connectivity index (χ1) is 9.79. The van der Waals surface area contributed by atoms with Crippen LogP contribution in [0.15, 0.2) is 17.8 Å². The quantitative estimate of drug-likeness (QED) is 0.269. The van der Waals surface area contributed by atoms with Crippen molar-refractivity contribution in [1.82, 2.24) is 24.7 Å². The smallest absolute Gasteiger partial charge is 0.220 e. The van der Waals surface area contributed by atoms with Gasteiger partial charge in [-0.3, -0.25) is 0 Å². The average molecular weight is 273 g/mol. The molecule has 0 unspecified atom stereocenters. The number of amidine groups is 1. The molecule has 2 aromatic heterocycles. The molecule has 3 N–H and O–H groups in total. The summed E-state index contributed by atoms with van der Waals surface area (Å²) in [6.07, 6.45) is 8.43. The molecule has 0 amide bonds. The topological polar surface area (TPSA) is 115 Å². The summed E-state index contributed by atoms with van der Waals surface area (Å²) < 4.78 is 1.55. The van der Waals surface area contributed by atoms with Crippen LogP contribution in [0.4, 0.5) is 0 Å². The second-order valence-electron chi connectivity index (χ2n) is 4.68. The summed E-state index contributed by atoms with van der Waals surface area (Å²) in [4.78, 5) is 12.7. The van der Waals surface area contributed by atoms with Gasteiger partial charge in [0.2, 0.25) is 11.7 Å². The molecule has 0 atom stereocenters. The molecular formula is C12H15N7O. The molecule has 0 fully saturated rings. The third kappa shape index (κ3) is 2.20. The molecule has 104 valence electrons. The van der Waals surface area contributed by atoms with Gasteiger partial charge in [-0.05, 0) is 25.7 Å². The zero-order valence-corrected chi connectivity index (χ0v) is 10.9. The molecule has 0 aliphatic heterocycles.